The van der Waals surface area contributed by atoms with Gasteiger partial charge in [-0.15, -0.1) is 0 Å². The molecule has 0 aliphatic carbocycles. The number of hydrogen-bond donors (Lipinski definition) is 1. The molecule has 0 aliphatic heterocycles. The van der Waals surface area contributed by atoms with Crippen LogP contribution in [0.4, 0.5) is 0 Å². The van der Waals surface area contributed by atoms with E-state index in [0.29, 0.717) is 17.8 Å². The number of carbonyl (C=O) groups is 1. The fourth-order valence-electron chi connectivity index (χ4n) is 2.61. The zero-order chi connectivity index (χ0) is 19.1. The molecule has 1 N–H and O–H groups in total. The predicted molar refractivity (Wildman–Crippen MR) is 102 cm³/mol. The quantitative estimate of drug-likeness (QED) is 0.731. The molecule has 6 nitrogen and oxygen atoms in total. The molecule has 0 bridgehead atoms. The highest BCUT2D eigenvalue weighted by atomic mass is 16.2. The van der Waals surface area contributed by atoms with Gasteiger partial charge in [0.2, 0.25) is 5.91 Å². The first-order valence-electron chi connectivity index (χ1n) is 8.55. The Kier molecular flexibility index (Phi) is 5.75. The standard InChI is InChI=1S/C21H18N4O2/c22-14-17-6-8-18(9-7-17)19-10-11-21(27)25(24-19)15-20(26)23-13-12-16-4-2-1-3-5-16/h1-11H,12-13,15H2,(H,23,26). The van der Waals surface area contributed by atoms with Gasteiger partial charge in [-0.3, -0.25) is 9.59 Å². The van der Waals surface area contributed by atoms with Crippen LogP contribution in [-0.2, 0) is 17.8 Å². The summed E-state index contributed by atoms with van der Waals surface area (Å²) in [7, 11) is 0. The van der Waals surface area contributed by atoms with Gasteiger partial charge < -0.3 is 5.32 Å². The van der Waals surface area contributed by atoms with Crippen LogP contribution in [0.2, 0.25) is 0 Å². The Morgan fingerprint density at radius 2 is 1.78 bits per heavy atom. The molecule has 0 unspecified atom stereocenters. The van der Waals surface area contributed by atoms with E-state index in [4.69, 9.17) is 5.26 Å². The number of aromatic nitrogens is 2. The number of nitriles is 1. The molecule has 0 aliphatic rings. The maximum absolute atomic E-state index is 12.1. The van der Waals surface area contributed by atoms with Crippen molar-refractivity contribution >= 4 is 5.91 Å². The predicted octanol–water partition coefficient (Wildman–Crippen LogP) is 2.14. The lowest BCUT2D eigenvalue weighted by molar-refractivity contribution is -0.121. The van der Waals surface area contributed by atoms with Crippen LogP contribution in [0.25, 0.3) is 11.3 Å². The zero-order valence-electron chi connectivity index (χ0n) is 14.6. The van der Waals surface area contributed by atoms with Crippen LogP contribution in [-0.4, -0.2) is 22.2 Å². The Morgan fingerprint density at radius 3 is 2.48 bits per heavy atom. The topological polar surface area (TPSA) is 87.8 Å². The minimum Gasteiger partial charge on any atom is -0.354 e. The third kappa shape index (κ3) is 4.89. The Morgan fingerprint density at radius 1 is 1.04 bits per heavy atom. The van der Waals surface area contributed by atoms with Gasteiger partial charge in [-0.1, -0.05) is 42.5 Å². The molecule has 0 fully saturated rings. The molecule has 3 aromatic rings. The highest BCUT2D eigenvalue weighted by Gasteiger charge is 2.08. The summed E-state index contributed by atoms with van der Waals surface area (Å²) < 4.78 is 1.14. The smallest absolute Gasteiger partial charge is 0.267 e. The minimum absolute atomic E-state index is 0.141. The first-order chi connectivity index (χ1) is 13.2. The van der Waals surface area contributed by atoms with E-state index in [1.165, 1.54) is 6.07 Å². The minimum atomic E-state index is -0.342. The summed E-state index contributed by atoms with van der Waals surface area (Å²) in [6.07, 6.45) is 0.722. The molecule has 134 valence electrons. The number of carbonyl (C=O) groups excluding carboxylic acids is 1. The van der Waals surface area contributed by atoms with Crippen molar-refractivity contribution in [3.8, 4) is 17.3 Å². The maximum atomic E-state index is 12.1. The number of rotatable bonds is 6. The largest absolute Gasteiger partial charge is 0.354 e. The highest BCUT2D eigenvalue weighted by Crippen LogP contribution is 2.15. The van der Waals surface area contributed by atoms with E-state index in [2.05, 4.69) is 16.5 Å². The fraction of sp³-hybridized carbons (Fsp3) is 0.143. The molecule has 0 saturated carbocycles. The molecular weight excluding hydrogens is 340 g/mol. The summed E-state index contributed by atoms with van der Waals surface area (Å²) in [6.45, 7) is 0.352. The Balaban J connectivity index is 1.64. The van der Waals surface area contributed by atoms with Crippen LogP contribution < -0.4 is 10.9 Å². The van der Waals surface area contributed by atoms with Crippen molar-refractivity contribution in [1.29, 1.82) is 5.26 Å². The summed E-state index contributed by atoms with van der Waals surface area (Å²) in [5.41, 5.74) is 2.68. The van der Waals surface area contributed by atoms with E-state index < -0.39 is 0 Å². The van der Waals surface area contributed by atoms with E-state index in [9.17, 15) is 9.59 Å². The van der Waals surface area contributed by atoms with Crippen molar-refractivity contribution in [2.75, 3.05) is 6.54 Å². The van der Waals surface area contributed by atoms with Crippen molar-refractivity contribution in [2.24, 2.45) is 0 Å². The second-order valence-corrected chi connectivity index (χ2v) is 5.99. The Bertz CT molecular complexity index is 1020. The summed E-state index contributed by atoms with van der Waals surface area (Å²) in [5.74, 6) is -0.266. The molecule has 6 heteroatoms. The zero-order valence-corrected chi connectivity index (χ0v) is 14.6. The first-order valence-corrected chi connectivity index (χ1v) is 8.55. The normalized spacial score (nSPS) is 10.2. The third-order valence-electron chi connectivity index (χ3n) is 4.05. The first kappa shape index (κ1) is 18.1. The summed E-state index contributed by atoms with van der Waals surface area (Å²) in [4.78, 5) is 24.2. The molecule has 2 aromatic carbocycles. The van der Waals surface area contributed by atoms with Crippen molar-refractivity contribution in [3.63, 3.8) is 0 Å². The van der Waals surface area contributed by atoms with Gasteiger partial charge in [0, 0.05) is 18.2 Å². The number of nitrogens with one attached hydrogen (secondary N) is 1. The molecule has 1 heterocycles. The molecule has 3 rings (SSSR count). The monoisotopic (exact) mass is 358 g/mol. The van der Waals surface area contributed by atoms with Gasteiger partial charge in [0.05, 0.1) is 17.3 Å². The van der Waals surface area contributed by atoms with Crippen LogP contribution >= 0.6 is 0 Å². The molecule has 0 atom stereocenters. The molecule has 0 radical (unpaired) electrons. The third-order valence-corrected chi connectivity index (χ3v) is 4.05. The van der Waals surface area contributed by atoms with Crippen LogP contribution in [0.3, 0.4) is 0 Å². The molecule has 27 heavy (non-hydrogen) atoms. The maximum Gasteiger partial charge on any atom is 0.267 e. The van der Waals surface area contributed by atoms with Crippen molar-refractivity contribution < 1.29 is 4.79 Å². The van der Waals surface area contributed by atoms with Crippen LogP contribution in [0, 0.1) is 11.3 Å². The van der Waals surface area contributed by atoms with Gasteiger partial charge in [0.15, 0.2) is 0 Å². The molecule has 0 spiro atoms. The molecule has 1 aromatic heterocycles. The molecular formula is C21H18N4O2. The summed E-state index contributed by atoms with van der Waals surface area (Å²) in [6, 6.07) is 21.8. The number of nitrogens with zero attached hydrogens (tertiary/aromatic N) is 3. The van der Waals surface area contributed by atoms with Gasteiger partial charge in [-0.25, -0.2) is 4.68 Å². The average Bonchev–Trinajstić information content (AvgIpc) is 2.70. The SMILES string of the molecule is N#Cc1ccc(-c2ccc(=O)n(CC(=O)NCCc3ccccc3)n2)cc1. The van der Waals surface area contributed by atoms with Crippen molar-refractivity contribution in [2.45, 2.75) is 13.0 Å². The lowest BCUT2D eigenvalue weighted by atomic mass is 10.1. The highest BCUT2D eigenvalue weighted by molar-refractivity contribution is 5.75. The van der Waals surface area contributed by atoms with Gasteiger partial charge in [-0.05, 0) is 30.2 Å². The summed E-state index contributed by atoms with van der Waals surface area (Å²) >= 11 is 0. The van der Waals surface area contributed by atoms with Gasteiger partial charge >= 0.3 is 0 Å². The van der Waals surface area contributed by atoms with Crippen LogP contribution in [0.5, 0.6) is 0 Å². The van der Waals surface area contributed by atoms with Crippen molar-refractivity contribution in [1.82, 2.24) is 15.1 Å². The second kappa shape index (κ2) is 8.59. The number of benzene rings is 2. The lowest BCUT2D eigenvalue weighted by Gasteiger charge is -2.08. The molecule has 0 saturated heterocycles. The second-order valence-electron chi connectivity index (χ2n) is 5.99. The van der Waals surface area contributed by atoms with Gasteiger partial charge in [-0.2, -0.15) is 10.4 Å². The van der Waals surface area contributed by atoms with Crippen LogP contribution in [0.1, 0.15) is 11.1 Å². The Labute approximate surface area is 156 Å². The van der Waals surface area contributed by atoms with Gasteiger partial charge in [0.25, 0.3) is 5.56 Å². The van der Waals surface area contributed by atoms with E-state index in [1.54, 1.807) is 30.3 Å². The van der Waals surface area contributed by atoms with E-state index >= 15 is 0 Å². The average molecular weight is 358 g/mol. The van der Waals surface area contributed by atoms with Crippen LogP contribution in [0.15, 0.2) is 71.5 Å². The van der Waals surface area contributed by atoms with E-state index in [1.807, 2.05) is 30.3 Å². The van der Waals surface area contributed by atoms with Gasteiger partial charge in [0.1, 0.15) is 6.54 Å². The van der Waals surface area contributed by atoms with E-state index in [-0.39, 0.29) is 18.0 Å². The van der Waals surface area contributed by atoms with E-state index in [0.717, 1.165) is 22.2 Å². The Hall–Kier alpha value is -3.72. The van der Waals surface area contributed by atoms with Crippen molar-refractivity contribution in [3.05, 3.63) is 88.2 Å². The molecule has 1 amide bonds. The number of hydrogen-bond acceptors (Lipinski definition) is 4. The fourth-order valence-corrected chi connectivity index (χ4v) is 2.61. The number of amides is 1. The lowest BCUT2D eigenvalue weighted by Crippen LogP contribution is -2.34. The summed E-state index contributed by atoms with van der Waals surface area (Å²) in [5, 5.41) is 15.9.